The van der Waals surface area contributed by atoms with Crippen LogP contribution in [-0.4, -0.2) is 46.1 Å². The van der Waals surface area contributed by atoms with Crippen LogP contribution >= 0.6 is 0 Å². The minimum atomic E-state index is -3.68. The highest BCUT2D eigenvalue weighted by Crippen LogP contribution is 2.28. The number of nitrogens with zero attached hydrogens (tertiary/aromatic N) is 1. The predicted octanol–water partition coefficient (Wildman–Crippen LogP) is 1.20. The monoisotopic (exact) mass is 316 g/mol. The second-order valence-electron chi connectivity index (χ2n) is 4.70. The lowest BCUT2D eigenvalue weighted by Gasteiger charge is -2.27. The van der Waals surface area contributed by atoms with Crippen molar-refractivity contribution in [1.82, 2.24) is 4.31 Å². The van der Waals surface area contributed by atoms with Crippen LogP contribution in [0.3, 0.4) is 0 Å². The minimum Gasteiger partial charge on any atom is -0.495 e. The van der Waals surface area contributed by atoms with Gasteiger partial charge in [-0.2, -0.15) is 4.31 Å². The van der Waals surface area contributed by atoms with E-state index in [1.165, 1.54) is 11.4 Å². The molecule has 7 heteroatoms. The van der Waals surface area contributed by atoms with Gasteiger partial charge in [0.25, 0.3) is 0 Å². The van der Waals surface area contributed by atoms with Crippen molar-refractivity contribution >= 4 is 10.0 Å². The summed E-state index contributed by atoms with van der Waals surface area (Å²) in [7, 11) is -0.677. The summed E-state index contributed by atoms with van der Waals surface area (Å²) >= 11 is 0. The van der Waals surface area contributed by atoms with E-state index in [2.05, 4.69) is 0 Å². The van der Waals surface area contributed by atoms with Crippen molar-refractivity contribution in [2.45, 2.75) is 31.3 Å². The quantitative estimate of drug-likeness (QED) is 0.779. The Balaban J connectivity index is 3.33. The second-order valence-corrected chi connectivity index (χ2v) is 6.56. The van der Waals surface area contributed by atoms with Gasteiger partial charge >= 0.3 is 0 Å². The summed E-state index contributed by atoms with van der Waals surface area (Å²) in [6, 6.07) is 4.68. The highest BCUT2D eigenvalue weighted by atomic mass is 32.2. The lowest BCUT2D eigenvalue weighted by Crippen LogP contribution is -2.41. The number of hydrogen-bond acceptors (Lipinski definition) is 5. The first-order valence-electron chi connectivity index (χ1n) is 6.80. The fourth-order valence-electron chi connectivity index (χ4n) is 2.22. The largest absolute Gasteiger partial charge is 0.495 e. The van der Waals surface area contributed by atoms with Gasteiger partial charge in [0, 0.05) is 26.2 Å². The predicted molar refractivity (Wildman–Crippen MR) is 81.8 cm³/mol. The number of ether oxygens (including phenoxy) is 2. The maximum Gasteiger partial charge on any atom is 0.247 e. The van der Waals surface area contributed by atoms with Gasteiger partial charge in [-0.1, -0.05) is 13.0 Å². The summed E-state index contributed by atoms with van der Waals surface area (Å²) in [6.45, 7) is 4.55. The lowest BCUT2D eigenvalue weighted by atomic mass is 10.2. The third-order valence-corrected chi connectivity index (χ3v) is 5.37. The summed E-state index contributed by atoms with van der Waals surface area (Å²) in [4.78, 5) is 0.137. The Hall–Kier alpha value is -1.15. The highest BCUT2D eigenvalue weighted by molar-refractivity contribution is 7.89. The van der Waals surface area contributed by atoms with Gasteiger partial charge in [-0.3, -0.25) is 0 Å². The van der Waals surface area contributed by atoms with Crippen molar-refractivity contribution in [2.24, 2.45) is 5.73 Å². The van der Waals surface area contributed by atoms with Gasteiger partial charge in [0.15, 0.2) is 0 Å². The smallest absolute Gasteiger partial charge is 0.247 e. The fourth-order valence-corrected chi connectivity index (χ4v) is 4.05. The van der Waals surface area contributed by atoms with Gasteiger partial charge in [0.2, 0.25) is 10.0 Å². The van der Waals surface area contributed by atoms with Gasteiger partial charge in [-0.05, 0) is 24.6 Å². The molecule has 0 bridgehead atoms. The van der Waals surface area contributed by atoms with Crippen molar-refractivity contribution in [3.8, 4) is 5.75 Å². The topological polar surface area (TPSA) is 81.9 Å². The zero-order valence-electron chi connectivity index (χ0n) is 13.0. The van der Waals surface area contributed by atoms with Crippen LogP contribution in [0.2, 0.25) is 0 Å². The van der Waals surface area contributed by atoms with E-state index in [-0.39, 0.29) is 17.5 Å². The van der Waals surface area contributed by atoms with Gasteiger partial charge in [0.05, 0.1) is 13.7 Å². The maximum atomic E-state index is 12.9. The molecule has 1 atom stereocenters. The molecule has 0 aromatic heterocycles. The molecule has 0 aliphatic heterocycles. The van der Waals surface area contributed by atoms with Crippen molar-refractivity contribution in [1.29, 1.82) is 0 Å². The molecule has 0 aliphatic rings. The summed E-state index contributed by atoms with van der Waals surface area (Å²) in [5.74, 6) is 0.315. The minimum absolute atomic E-state index is 0.137. The Kier molecular flexibility index (Phi) is 6.60. The zero-order valence-corrected chi connectivity index (χ0v) is 13.8. The highest BCUT2D eigenvalue weighted by Gasteiger charge is 2.30. The van der Waals surface area contributed by atoms with Gasteiger partial charge in [-0.25, -0.2) is 8.42 Å². The van der Waals surface area contributed by atoms with E-state index in [1.54, 1.807) is 32.2 Å². The molecule has 0 heterocycles. The van der Waals surface area contributed by atoms with Crippen LogP contribution in [0.25, 0.3) is 0 Å². The number of hydrogen-bond donors (Lipinski definition) is 1. The van der Waals surface area contributed by atoms with E-state index in [9.17, 15) is 8.42 Å². The summed E-state index contributed by atoms with van der Waals surface area (Å²) < 4.78 is 37.4. The van der Waals surface area contributed by atoms with E-state index >= 15 is 0 Å². The van der Waals surface area contributed by atoms with Crippen LogP contribution in [0.1, 0.15) is 19.4 Å². The van der Waals surface area contributed by atoms with Crippen molar-refractivity contribution in [2.75, 3.05) is 27.4 Å². The van der Waals surface area contributed by atoms with E-state index in [1.807, 2.05) is 6.92 Å². The second kappa shape index (κ2) is 7.74. The number of nitrogens with two attached hydrogens (primary N) is 1. The van der Waals surface area contributed by atoms with Crippen molar-refractivity contribution in [3.05, 3.63) is 23.8 Å². The molecule has 6 nitrogen and oxygen atoms in total. The normalized spacial score (nSPS) is 13.4. The number of methoxy groups -OCH3 is 2. The van der Waals surface area contributed by atoms with Gasteiger partial charge in [-0.15, -0.1) is 0 Å². The molecule has 0 aliphatic carbocycles. The molecule has 1 aromatic carbocycles. The van der Waals surface area contributed by atoms with Gasteiger partial charge in [0.1, 0.15) is 10.6 Å². The number of sulfonamides is 1. The third-order valence-electron chi connectivity index (χ3n) is 3.26. The first kappa shape index (κ1) is 17.9. The average Bonchev–Trinajstić information content (AvgIpc) is 2.47. The van der Waals surface area contributed by atoms with Crippen LogP contribution < -0.4 is 10.5 Å². The van der Waals surface area contributed by atoms with E-state index in [4.69, 9.17) is 15.2 Å². The molecule has 0 spiro atoms. The Morgan fingerprint density at radius 3 is 2.48 bits per heavy atom. The number of rotatable bonds is 8. The molecule has 0 saturated carbocycles. The average molecular weight is 316 g/mol. The lowest BCUT2D eigenvalue weighted by molar-refractivity contribution is 0.142. The summed E-state index contributed by atoms with van der Waals surface area (Å²) in [6.07, 6.45) is 0. The molecule has 0 amide bonds. The molecular formula is C14H24N2O4S. The molecule has 2 N–H and O–H groups in total. The first-order valence-corrected chi connectivity index (χ1v) is 8.24. The van der Waals surface area contributed by atoms with Crippen LogP contribution in [0.5, 0.6) is 5.75 Å². The molecule has 21 heavy (non-hydrogen) atoms. The maximum absolute atomic E-state index is 12.9. The number of likely N-dealkylation sites (N-methyl/N-ethyl adjacent to an activating group) is 1. The van der Waals surface area contributed by atoms with Crippen molar-refractivity contribution in [3.63, 3.8) is 0 Å². The molecule has 1 rings (SSSR count). The molecule has 1 unspecified atom stereocenters. The Morgan fingerprint density at radius 2 is 2.00 bits per heavy atom. The molecule has 1 aromatic rings. The first-order chi connectivity index (χ1) is 9.92. The molecule has 120 valence electrons. The van der Waals surface area contributed by atoms with Crippen LogP contribution in [0, 0.1) is 0 Å². The molecule has 0 fully saturated rings. The molecule has 0 radical (unpaired) electrons. The summed E-state index contributed by atoms with van der Waals surface area (Å²) in [5, 5.41) is 0. The molecular weight excluding hydrogens is 292 g/mol. The Morgan fingerprint density at radius 1 is 1.33 bits per heavy atom. The standard InChI is InChI=1S/C14H24N2O4S/c1-5-16(11(2)10-19-3)21(17,18)14-8-12(9-15)6-7-13(14)20-4/h6-8,11H,5,9-10,15H2,1-4H3. The Labute approximate surface area is 126 Å². The van der Waals surface area contributed by atoms with E-state index < -0.39 is 10.0 Å². The summed E-state index contributed by atoms with van der Waals surface area (Å²) in [5.41, 5.74) is 6.34. The fraction of sp³-hybridized carbons (Fsp3) is 0.571. The zero-order chi connectivity index (χ0) is 16.0. The number of benzene rings is 1. The molecule has 0 saturated heterocycles. The van der Waals surface area contributed by atoms with E-state index in [0.717, 1.165) is 5.56 Å². The van der Waals surface area contributed by atoms with E-state index in [0.29, 0.717) is 18.9 Å². The van der Waals surface area contributed by atoms with Crippen molar-refractivity contribution < 1.29 is 17.9 Å². The SMILES string of the molecule is CCN(C(C)COC)S(=O)(=O)c1cc(CN)ccc1OC. The Bertz CT molecular complexity index is 560. The van der Waals surface area contributed by atoms with Crippen LogP contribution in [0.4, 0.5) is 0 Å². The van der Waals surface area contributed by atoms with Crippen LogP contribution in [-0.2, 0) is 21.3 Å². The van der Waals surface area contributed by atoms with Gasteiger partial charge < -0.3 is 15.2 Å². The van der Waals surface area contributed by atoms with Crippen LogP contribution in [0.15, 0.2) is 23.1 Å². The third kappa shape index (κ3) is 3.94.